The van der Waals surface area contributed by atoms with Gasteiger partial charge in [0.15, 0.2) is 5.82 Å². The zero-order valence-electron chi connectivity index (χ0n) is 17.3. The first-order valence-corrected chi connectivity index (χ1v) is 10.2. The Morgan fingerprint density at radius 1 is 1.27 bits per heavy atom. The maximum absolute atomic E-state index is 11.9. The van der Waals surface area contributed by atoms with Crippen molar-refractivity contribution in [3.63, 3.8) is 0 Å². The van der Waals surface area contributed by atoms with Crippen molar-refractivity contribution in [2.24, 2.45) is 4.99 Å². The number of anilines is 1. The van der Waals surface area contributed by atoms with E-state index in [-0.39, 0.29) is 6.54 Å². The SMILES string of the molecule is Cc1nc(CNC(=O)OC(C)(C)C)cc(N=C2CCN(c3ccc(Cl)c(Cl)c3)N2)n1. The number of amidine groups is 1. The summed E-state index contributed by atoms with van der Waals surface area (Å²) in [6.07, 6.45) is 0.218. The van der Waals surface area contributed by atoms with Gasteiger partial charge in [0.1, 0.15) is 17.3 Å². The van der Waals surface area contributed by atoms with Crippen molar-refractivity contribution in [2.45, 2.75) is 46.3 Å². The fourth-order valence-corrected chi connectivity index (χ4v) is 3.08. The van der Waals surface area contributed by atoms with Crippen molar-refractivity contribution in [3.8, 4) is 0 Å². The number of rotatable bonds is 4. The molecule has 1 aliphatic heterocycles. The molecule has 0 spiro atoms. The Labute approximate surface area is 185 Å². The first-order chi connectivity index (χ1) is 14.1. The van der Waals surface area contributed by atoms with Gasteiger partial charge in [0, 0.05) is 19.0 Å². The van der Waals surface area contributed by atoms with Crippen LogP contribution < -0.4 is 15.8 Å². The van der Waals surface area contributed by atoms with E-state index in [1.807, 2.05) is 31.8 Å². The van der Waals surface area contributed by atoms with Gasteiger partial charge in [-0.1, -0.05) is 23.2 Å². The Bertz CT molecular complexity index is 974. The third-order valence-corrected chi connectivity index (χ3v) is 4.73. The maximum Gasteiger partial charge on any atom is 0.407 e. The van der Waals surface area contributed by atoms with E-state index in [1.54, 1.807) is 25.1 Å². The number of nitrogens with one attached hydrogen (secondary N) is 2. The monoisotopic (exact) mass is 450 g/mol. The number of aromatic nitrogens is 2. The number of alkyl carbamates (subject to hydrolysis) is 1. The average Bonchev–Trinajstić information content (AvgIpc) is 3.09. The van der Waals surface area contributed by atoms with E-state index in [0.717, 1.165) is 24.5 Å². The number of carbonyl (C=O) groups is 1. The van der Waals surface area contributed by atoms with Gasteiger partial charge in [-0.25, -0.2) is 19.8 Å². The van der Waals surface area contributed by atoms with Crippen molar-refractivity contribution in [1.29, 1.82) is 0 Å². The first kappa shape index (κ1) is 22.1. The molecule has 0 saturated carbocycles. The number of hydrogen-bond donors (Lipinski definition) is 2. The molecule has 160 valence electrons. The normalized spacial score (nSPS) is 15.3. The predicted molar refractivity (Wildman–Crippen MR) is 118 cm³/mol. The minimum absolute atomic E-state index is 0.221. The molecule has 10 heteroatoms. The summed E-state index contributed by atoms with van der Waals surface area (Å²) < 4.78 is 5.24. The lowest BCUT2D eigenvalue weighted by molar-refractivity contribution is 0.0523. The quantitative estimate of drug-likeness (QED) is 0.708. The van der Waals surface area contributed by atoms with Crippen LogP contribution in [-0.2, 0) is 11.3 Å². The zero-order valence-corrected chi connectivity index (χ0v) is 18.8. The highest BCUT2D eigenvalue weighted by atomic mass is 35.5. The van der Waals surface area contributed by atoms with E-state index in [1.165, 1.54) is 0 Å². The molecule has 1 aromatic heterocycles. The van der Waals surface area contributed by atoms with Gasteiger partial charge in [-0.2, -0.15) is 0 Å². The highest BCUT2D eigenvalue weighted by molar-refractivity contribution is 6.42. The number of carbonyl (C=O) groups excluding carboxylic acids is 1. The smallest absolute Gasteiger partial charge is 0.407 e. The molecule has 1 amide bonds. The van der Waals surface area contributed by atoms with Gasteiger partial charge in [-0.3, -0.25) is 10.4 Å². The summed E-state index contributed by atoms with van der Waals surface area (Å²) in [5, 5.41) is 5.65. The van der Waals surface area contributed by atoms with Crippen LogP contribution in [0.3, 0.4) is 0 Å². The van der Waals surface area contributed by atoms with Crippen LogP contribution in [0.2, 0.25) is 10.0 Å². The van der Waals surface area contributed by atoms with E-state index < -0.39 is 11.7 Å². The van der Waals surface area contributed by atoms with E-state index >= 15 is 0 Å². The second kappa shape index (κ2) is 9.06. The molecule has 2 N–H and O–H groups in total. The van der Waals surface area contributed by atoms with Crippen LogP contribution in [0.1, 0.15) is 38.7 Å². The summed E-state index contributed by atoms with van der Waals surface area (Å²) in [4.78, 5) is 25.2. The molecule has 1 fully saturated rings. The number of benzene rings is 1. The summed E-state index contributed by atoms with van der Waals surface area (Å²) in [5.74, 6) is 1.85. The lowest BCUT2D eigenvalue weighted by Crippen LogP contribution is -2.33. The van der Waals surface area contributed by atoms with Crippen molar-refractivity contribution in [2.75, 3.05) is 11.6 Å². The molecule has 1 saturated heterocycles. The molecule has 2 heterocycles. The fourth-order valence-electron chi connectivity index (χ4n) is 2.79. The molecule has 1 aliphatic rings. The molecular formula is C20H24Cl2N6O2. The van der Waals surface area contributed by atoms with Gasteiger partial charge in [-0.15, -0.1) is 0 Å². The number of amides is 1. The number of aliphatic imine (C=N–C) groups is 1. The van der Waals surface area contributed by atoms with Crippen LogP contribution in [0.5, 0.6) is 0 Å². The second-order valence-electron chi connectivity index (χ2n) is 7.79. The van der Waals surface area contributed by atoms with E-state index in [4.69, 9.17) is 27.9 Å². The summed E-state index contributed by atoms with van der Waals surface area (Å²) in [7, 11) is 0. The molecule has 0 unspecified atom stereocenters. The van der Waals surface area contributed by atoms with Crippen LogP contribution in [0, 0.1) is 6.92 Å². The minimum atomic E-state index is -0.558. The van der Waals surface area contributed by atoms with E-state index in [2.05, 4.69) is 25.7 Å². The molecule has 1 aromatic carbocycles. The van der Waals surface area contributed by atoms with Crippen LogP contribution in [0.4, 0.5) is 16.3 Å². The van der Waals surface area contributed by atoms with Crippen LogP contribution in [-0.4, -0.2) is 34.0 Å². The lowest BCUT2D eigenvalue weighted by atomic mass is 10.2. The van der Waals surface area contributed by atoms with Gasteiger partial charge in [-0.05, 0) is 45.9 Å². The maximum atomic E-state index is 11.9. The third kappa shape index (κ3) is 6.21. The molecule has 2 aromatic rings. The Morgan fingerprint density at radius 3 is 2.73 bits per heavy atom. The van der Waals surface area contributed by atoms with Gasteiger partial charge in [0.25, 0.3) is 0 Å². The lowest BCUT2D eigenvalue weighted by Gasteiger charge is -2.19. The zero-order chi connectivity index (χ0) is 21.9. The molecule has 0 radical (unpaired) electrons. The van der Waals surface area contributed by atoms with Crippen molar-refractivity contribution >= 4 is 46.6 Å². The van der Waals surface area contributed by atoms with Crippen LogP contribution in [0.25, 0.3) is 0 Å². The number of halogens is 2. The number of hydrogen-bond acceptors (Lipinski definition) is 6. The highest BCUT2D eigenvalue weighted by Gasteiger charge is 2.19. The minimum Gasteiger partial charge on any atom is -0.444 e. The summed E-state index contributed by atoms with van der Waals surface area (Å²) >= 11 is 12.1. The molecular weight excluding hydrogens is 427 g/mol. The standard InChI is InChI=1S/C20H24Cl2N6O2/c1-12-24-13(11-23-19(29)30-20(2,3)4)9-18(25-12)26-17-7-8-28(27-17)14-5-6-15(21)16(22)10-14/h5-6,9-10H,7-8,11H2,1-4H3,(H,23,29)(H,24,25,26,27). The molecule has 0 aliphatic carbocycles. The highest BCUT2D eigenvalue weighted by Crippen LogP contribution is 2.27. The van der Waals surface area contributed by atoms with E-state index in [9.17, 15) is 4.79 Å². The molecule has 30 heavy (non-hydrogen) atoms. The number of ether oxygens (including phenoxy) is 1. The van der Waals surface area contributed by atoms with Crippen LogP contribution in [0.15, 0.2) is 29.3 Å². The Morgan fingerprint density at radius 2 is 2.03 bits per heavy atom. The molecule has 8 nitrogen and oxygen atoms in total. The fraction of sp³-hybridized carbons (Fsp3) is 0.400. The summed E-state index contributed by atoms with van der Waals surface area (Å²) in [5.41, 5.74) is 4.23. The number of nitrogens with zero attached hydrogens (tertiary/aromatic N) is 4. The molecule has 0 atom stereocenters. The molecule has 3 rings (SSSR count). The Balaban J connectivity index is 1.67. The summed E-state index contributed by atoms with van der Waals surface area (Å²) in [6.45, 7) is 8.17. The van der Waals surface area contributed by atoms with Gasteiger partial charge >= 0.3 is 6.09 Å². The largest absolute Gasteiger partial charge is 0.444 e. The summed E-state index contributed by atoms with van der Waals surface area (Å²) in [6, 6.07) is 7.18. The Hall–Kier alpha value is -2.58. The van der Waals surface area contributed by atoms with Gasteiger partial charge < -0.3 is 10.1 Å². The average molecular weight is 451 g/mol. The van der Waals surface area contributed by atoms with Gasteiger partial charge in [0.2, 0.25) is 0 Å². The molecule has 0 bridgehead atoms. The van der Waals surface area contributed by atoms with Crippen molar-refractivity contribution < 1.29 is 9.53 Å². The second-order valence-corrected chi connectivity index (χ2v) is 8.60. The van der Waals surface area contributed by atoms with E-state index in [0.29, 0.717) is 27.4 Å². The Kier molecular flexibility index (Phi) is 6.67. The predicted octanol–water partition coefficient (Wildman–Crippen LogP) is 4.56. The number of aryl methyl sites for hydroxylation is 1. The van der Waals surface area contributed by atoms with Crippen molar-refractivity contribution in [3.05, 3.63) is 45.8 Å². The van der Waals surface area contributed by atoms with Crippen molar-refractivity contribution in [1.82, 2.24) is 20.7 Å². The first-order valence-electron chi connectivity index (χ1n) is 9.47. The third-order valence-electron chi connectivity index (χ3n) is 3.99. The van der Waals surface area contributed by atoms with Crippen LogP contribution >= 0.6 is 23.2 Å². The number of hydrazine groups is 1. The van der Waals surface area contributed by atoms with Gasteiger partial charge in [0.05, 0.1) is 28.0 Å². The topological polar surface area (TPSA) is 91.7 Å².